The van der Waals surface area contributed by atoms with Gasteiger partial charge in [0, 0.05) is 37.1 Å². The van der Waals surface area contributed by atoms with Gasteiger partial charge in [0.2, 0.25) is 18.6 Å². The van der Waals surface area contributed by atoms with Gasteiger partial charge < -0.3 is 39.4 Å². The summed E-state index contributed by atoms with van der Waals surface area (Å²) in [7, 11) is 1.44. The fourth-order valence-electron chi connectivity index (χ4n) is 4.94. The highest BCUT2D eigenvalue weighted by Crippen LogP contribution is 2.38. The van der Waals surface area contributed by atoms with Gasteiger partial charge in [-0.25, -0.2) is 0 Å². The van der Waals surface area contributed by atoms with E-state index >= 15 is 0 Å². The number of nitrogens with one attached hydrogen (secondary N) is 1. The number of rotatable bonds is 13. The second kappa shape index (κ2) is 14.7. The van der Waals surface area contributed by atoms with Gasteiger partial charge in [0.05, 0.1) is 23.3 Å². The molecule has 42 heavy (non-hydrogen) atoms. The van der Waals surface area contributed by atoms with Crippen molar-refractivity contribution >= 4 is 40.7 Å². The summed E-state index contributed by atoms with van der Waals surface area (Å²) < 4.78 is 23.2. The highest BCUT2D eigenvalue weighted by atomic mass is 127. The molecule has 1 heterocycles. The zero-order valence-corrected chi connectivity index (χ0v) is 25.7. The van der Waals surface area contributed by atoms with Crippen molar-refractivity contribution in [2.24, 2.45) is 0 Å². The summed E-state index contributed by atoms with van der Waals surface area (Å²) in [5, 5.41) is 23.6. The number of aliphatic hydroxyl groups excluding tert-OH is 2. The fourth-order valence-corrected chi connectivity index (χ4v) is 5.69. The Morgan fingerprint density at radius 2 is 2.00 bits per heavy atom. The van der Waals surface area contributed by atoms with Gasteiger partial charge in [-0.2, -0.15) is 0 Å². The third-order valence-electron chi connectivity index (χ3n) is 7.11. The Morgan fingerprint density at radius 3 is 2.71 bits per heavy atom. The fraction of sp³-hybridized carbons (Fsp3) is 0.433. The zero-order chi connectivity index (χ0) is 30.2. The lowest BCUT2D eigenvalue weighted by Gasteiger charge is -2.41. The third kappa shape index (κ3) is 7.34. The van der Waals surface area contributed by atoms with Crippen LogP contribution < -0.4 is 24.3 Å². The van der Waals surface area contributed by atoms with Crippen LogP contribution in [0.2, 0.25) is 0 Å². The van der Waals surface area contributed by atoms with E-state index in [2.05, 4.69) is 5.32 Å². The maximum atomic E-state index is 13.6. The number of unbranched alkanes of at least 4 members (excludes halogenated alkanes) is 1. The van der Waals surface area contributed by atoms with E-state index in [1.165, 1.54) is 19.3 Å². The lowest BCUT2D eigenvalue weighted by atomic mass is 9.87. The number of nitrogens with zero attached hydrogens (tertiary/aromatic N) is 1. The number of hydrogen-bond acceptors (Lipinski definition) is 9. The van der Waals surface area contributed by atoms with Gasteiger partial charge in [-0.3, -0.25) is 14.4 Å². The summed E-state index contributed by atoms with van der Waals surface area (Å²) in [4.78, 5) is 39.7. The van der Waals surface area contributed by atoms with E-state index in [0.717, 1.165) is 12.0 Å². The van der Waals surface area contributed by atoms with Crippen molar-refractivity contribution in [1.82, 2.24) is 10.2 Å². The average molecular weight is 695 g/mol. The van der Waals surface area contributed by atoms with Crippen molar-refractivity contribution in [1.29, 1.82) is 0 Å². The number of ether oxygens (including phenoxy) is 4. The number of fused-ring (bicyclic) bond motifs is 1. The quantitative estimate of drug-likeness (QED) is 0.213. The molecule has 3 N–H and O–H groups in total. The van der Waals surface area contributed by atoms with Crippen LogP contribution >= 0.6 is 22.6 Å². The van der Waals surface area contributed by atoms with Gasteiger partial charge in [-0.1, -0.05) is 19.4 Å². The van der Waals surface area contributed by atoms with Crippen molar-refractivity contribution in [2.75, 3.05) is 27.1 Å². The molecule has 0 spiro atoms. The SMILES string of the molecule is CCCCC(=O)N(Cc1ccc2c(c1)OCO2)C1CC(C(=O)NCCO)=CC(Oc2c(I)cc(C=O)cc2OC)C1O. The molecule has 1 aliphatic carbocycles. The summed E-state index contributed by atoms with van der Waals surface area (Å²) in [5.74, 6) is 1.16. The first kappa shape index (κ1) is 31.6. The predicted octanol–water partition coefficient (Wildman–Crippen LogP) is 2.98. The van der Waals surface area contributed by atoms with E-state index in [-0.39, 0.29) is 51.0 Å². The normalized spacial score (nSPS) is 19.1. The largest absolute Gasteiger partial charge is 0.493 e. The van der Waals surface area contributed by atoms with Crippen molar-refractivity contribution in [3.05, 3.63) is 56.7 Å². The Kier molecular flexibility index (Phi) is 11.0. The van der Waals surface area contributed by atoms with Crippen molar-refractivity contribution in [2.45, 2.75) is 57.4 Å². The zero-order valence-electron chi connectivity index (χ0n) is 23.5. The summed E-state index contributed by atoms with van der Waals surface area (Å²) in [6.07, 6.45) is 1.78. The Bertz CT molecular complexity index is 1330. The van der Waals surface area contributed by atoms with E-state index in [9.17, 15) is 24.6 Å². The lowest BCUT2D eigenvalue weighted by Crippen LogP contribution is -2.54. The van der Waals surface area contributed by atoms with Gasteiger partial charge in [0.1, 0.15) is 18.5 Å². The van der Waals surface area contributed by atoms with Gasteiger partial charge in [-0.15, -0.1) is 0 Å². The standard InChI is InChI=1S/C30H35IN2O9/c1-3-4-5-27(36)33(15-18-6-7-23-24(11-18)41-17-40-23)22-13-20(30(38)32-8-9-34)14-25(28(22)37)42-29-21(31)10-19(16-35)12-26(29)39-2/h6-7,10-12,14,16,22,25,28,34,37H,3-5,8-9,13,15,17H2,1-2H3,(H,32,38). The number of carbonyl (C=O) groups is 3. The monoisotopic (exact) mass is 694 g/mol. The summed E-state index contributed by atoms with van der Waals surface area (Å²) in [6, 6.07) is 7.75. The minimum Gasteiger partial charge on any atom is -0.493 e. The Balaban J connectivity index is 1.71. The van der Waals surface area contributed by atoms with Crippen LogP contribution in [-0.2, 0) is 16.1 Å². The van der Waals surface area contributed by atoms with Crippen LogP contribution in [0.5, 0.6) is 23.0 Å². The molecule has 0 bridgehead atoms. The molecule has 0 saturated carbocycles. The molecular formula is C30H35IN2O9. The third-order valence-corrected chi connectivity index (χ3v) is 7.91. The molecule has 226 valence electrons. The van der Waals surface area contributed by atoms with Crippen LogP contribution in [0.15, 0.2) is 42.0 Å². The number of carbonyl (C=O) groups excluding carboxylic acids is 3. The van der Waals surface area contributed by atoms with Crippen LogP contribution in [0.25, 0.3) is 0 Å². The minimum atomic E-state index is -1.22. The van der Waals surface area contributed by atoms with Crippen LogP contribution in [-0.4, -0.2) is 78.5 Å². The summed E-state index contributed by atoms with van der Waals surface area (Å²) in [6.45, 7) is 2.07. The molecule has 4 rings (SSSR count). The first-order chi connectivity index (χ1) is 20.3. The van der Waals surface area contributed by atoms with Gasteiger partial charge >= 0.3 is 0 Å². The van der Waals surface area contributed by atoms with Gasteiger partial charge in [-0.05, 0) is 64.9 Å². The number of hydrogen-bond donors (Lipinski definition) is 3. The molecule has 12 heteroatoms. The summed E-state index contributed by atoms with van der Waals surface area (Å²) >= 11 is 2.01. The van der Waals surface area contributed by atoms with Gasteiger partial charge in [0.25, 0.3) is 0 Å². The topological polar surface area (TPSA) is 144 Å². The second-order valence-corrected chi connectivity index (χ2v) is 11.1. The molecule has 2 amide bonds. The highest BCUT2D eigenvalue weighted by Gasteiger charge is 2.41. The number of aldehydes is 1. The summed E-state index contributed by atoms with van der Waals surface area (Å²) in [5.41, 5.74) is 1.47. The Morgan fingerprint density at radius 1 is 1.21 bits per heavy atom. The maximum absolute atomic E-state index is 13.6. The van der Waals surface area contributed by atoms with E-state index in [0.29, 0.717) is 44.7 Å². The molecule has 11 nitrogen and oxygen atoms in total. The van der Waals surface area contributed by atoms with Gasteiger partial charge in [0.15, 0.2) is 23.0 Å². The number of benzene rings is 2. The average Bonchev–Trinajstić information content (AvgIpc) is 3.47. The molecule has 2 aliphatic rings. The number of amides is 2. The number of methoxy groups -OCH3 is 1. The van der Waals surface area contributed by atoms with Crippen LogP contribution in [0, 0.1) is 3.57 Å². The van der Waals surface area contributed by atoms with Crippen LogP contribution in [0.3, 0.4) is 0 Å². The maximum Gasteiger partial charge on any atom is 0.247 e. The first-order valence-corrected chi connectivity index (χ1v) is 14.8. The smallest absolute Gasteiger partial charge is 0.247 e. The van der Waals surface area contributed by atoms with Crippen molar-refractivity contribution < 1.29 is 43.5 Å². The molecular weight excluding hydrogens is 659 g/mol. The molecule has 0 fully saturated rings. The van der Waals surface area contributed by atoms with Crippen LogP contribution in [0.1, 0.15) is 48.5 Å². The minimum absolute atomic E-state index is 0.0458. The number of halogens is 1. The van der Waals surface area contributed by atoms with E-state index in [1.54, 1.807) is 23.1 Å². The molecule has 3 atom stereocenters. The molecule has 3 unspecified atom stereocenters. The van der Waals surface area contributed by atoms with Crippen molar-refractivity contribution in [3.8, 4) is 23.0 Å². The molecule has 2 aromatic rings. The van der Waals surface area contributed by atoms with E-state index < -0.39 is 24.2 Å². The Labute approximate surface area is 257 Å². The lowest BCUT2D eigenvalue weighted by molar-refractivity contribution is -0.139. The molecule has 0 aromatic heterocycles. The predicted molar refractivity (Wildman–Crippen MR) is 161 cm³/mol. The van der Waals surface area contributed by atoms with Crippen molar-refractivity contribution in [3.63, 3.8) is 0 Å². The molecule has 0 radical (unpaired) electrons. The highest BCUT2D eigenvalue weighted by molar-refractivity contribution is 14.1. The molecule has 2 aromatic carbocycles. The number of aliphatic hydroxyl groups is 2. The first-order valence-electron chi connectivity index (χ1n) is 13.7. The molecule has 1 aliphatic heterocycles. The van der Waals surface area contributed by atoms with E-state index in [4.69, 9.17) is 18.9 Å². The Hall–Kier alpha value is -3.36. The van der Waals surface area contributed by atoms with Crippen LogP contribution in [0.4, 0.5) is 0 Å². The van der Waals surface area contributed by atoms with E-state index in [1.807, 2.05) is 35.6 Å². The molecule has 0 saturated heterocycles. The second-order valence-electron chi connectivity index (χ2n) is 9.98.